The predicted octanol–water partition coefficient (Wildman–Crippen LogP) is 5.28. The smallest absolute Gasteiger partial charge is 0.115 e. The number of hydrogen-bond acceptors (Lipinski definition) is 1. The number of rotatable bonds is 2. The molecular formula is C20H18O. The summed E-state index contributed by atoms with van der Waals surface area (Å²) in [5.74, 6) is 0.295. The van der Waals surface area contributed by atoms with Crippen molar-refractivity contribution >= 4 is 12.2 Å². The van der Waals surface area contributed by atoms with E-state index in [1.807, 2.05) is 12.1 Å². The van der Waals surface area contributed by atoms with Crippen LogP contribution in [0.25, 0.3) is 23.3 Å². The number of phenolic OH excluding ortho intramolecular Hbond substituents is 1. The molecule has 0 radical (unpaired) electrons. The molecule has 21 heavy (non-hydrogen) atoms. The first kappa shape index (κ1) is 13.4. The van der Waals surface area contributed by atoms with Crippen molar-refractivity contribution < 1.29 is 5.11 Å². The zero-order valence-corrected chi connectivity index (χ0v) is 12.3. The minimum atomic E-state index is 0.295. The lowest BCUT2D eigenvalue weighted by atomic mass is 10.1. The molecule has 1 nitrogen and oxygen atoms in total. The molecule has 0 amide bonds. The van der Waals surface area contributed by atoms with Crippen LogP contribution in [0, 0.1) is 13.8 Å². The summed E-state index contributed by atoms with van der Waals surface area (Å²) in [7, 11) is 0. The number of hydrogen-bond donors (Lipinski definition) is 1. The Labute approximate surface area is 125 Å². The third-order valence-electron chi connectivity index (χ3n) is 3.79. The molecule has 1 N–H and O–H groups in total. The molecule has 0 aliphatic heterocycles. The van der Waals surface area contributed by atoms with Gasteiger partial charge in [0.05, 0.1) is 0 Å². The van der Waals surface area contributed by atoms with Crippen LogP contribution in [0.2, 0.25) is 0 Å². The molecule has 0 unspecified atom stereocenters. The van der Waals surface area contributed by atoms with Crippen molar-refractivity contribution in [1.82, 2.24) is 0 Å². The van der Waals surface area contributed by atoms with Gasteiger partial charge in [0.2, 0.25) is 0 Å². The first-order valence-corrected chi connectivity index (χ1v) is 7.10. The third kappa shape index (κ3) is 2.82. The van der Waals surface area contributed by atoms with Crippen LogP contribution in [0.15, 0.2) is 54.6 Å². The standard InChI is InChI=1S/C20H18O/c1-14-12-17(7-6-16-8-10-18(21)11-9-16)13-15(2)20-5-3-4-19(14)20/h3-13,21H,1-2H3. The van der Waals surface area contributed by atoms with Crippen LogP contribution < -0.4 is 0 Å². The summed E-state index contributed by atoms with van der Waals surface area (Å²) >= 11 is 0. The van der Waals surface area contributed by atoms with Crippen LogP contribution in [0.4, 0.5) is 0 Å². The van der Waals surface area contributed by atoms with E-state index in [1.54, 1.807) is 12.1 Å². The number of fused-ring (bicyclic) bond motifs is 1. The molecule has 2 aliphatic rings. The van der Waals surface area contributed by atoms with Gasteiger partial charge < -0.3 is 5.11 Å². The third-order valence-corrected chi connectivity index (χ3v) is 3.79. The second kappa shape index (κ2) is 5.45. The van der Waals surface area contributed by atoms with Crippen LogP contribution in [0.1, 0.15) is 22.3 Å². The van der Waals surface area contributed by atoms with Crippen LogP contribution in [0.3, 0.4) is 0 Å². The maximum Gasteiger partial charge on any atom is 0.115 e. The first-order valence-electron chi connectivity index (χ1n) is 7.10. The van der Waals surface area contributed by atoms with Gasteiger partial charge in [0.1, 0.15) is 5.75 Å². The molecule has 0 atom stereocenters. The molecule has 0 aromatic heterocycles. The van der Waals surface area contributed by atoms with Crippen LogP contribution in [-0.4, -0.2) is 5.11 Å². The van der Waals surface area contributed by atoms with Crippen molar-refractivity contribution in [2.45, 2.75) is 13.8 Å². The minimum Gasteiger partial charge on any atom is -0.508 e. The molecule has 1 heteroatoms. The van der Waals surface area contributed by atoms with Crippen molar-refractivity contribution in [3.63, 3.8) is 0 Å². The lowest BCUT2D eigenvalue weighted by Crippen LogP contribution is -1.75. The van der Waals surface area contributed by atoms with Crippen molar-refractivity contribution in [2.24, 2.45) is 0 Å². The fourth-order valence-electron chi connectivity index (χ4n) is 2.68. The normalized spacial score (nSPS) is 11.3. The van der Waals surface area contributed by atoms with Gasteiger partial charge in [-0.1, -0.05) is 54.6 Å². The van der Waals surface area contributed by atoms with E-state index in [-0.39, 0.29) is 0 Å². The minimum absolute atomic E-state index is 0.295. The molecule has 0 saturated heterocycles. The molecule has 2 aliphatic carbocycles. The monoisotopic (exact) mass is 274 g/mol. The van der Waals surface area contributed by atoms with Gasteiger partial charge in [-0.25, -0.2) is 0 Å². The van der Waals surface area contributed by atoms with Crippen molar-refractivity contribution in [3.8, 4) is 16.9 Å². The maximum absolute atomic E-state index is 9.31. The van der Waals surface area contributed by atoms with Gasteiger partial charge in [0, 0.05) is 0 Å². The van der Waals surface area contributed by atoms with Crippen molar-refractivity contribution in [1.29, 1.82) is 0 Å². The number of aromatic hydroxyl groups is 1. The molecule has 0 fully saturated rings. The molecular weight excluding hydrogens is 256 g/mol. The first-order chi connectivity index (χ1) is 10.1. The van der Waals surface area contributed by atoms with Gasteiger partial charge in [0.15, 0.2) is 0 Å². The van der Waals surface area contributed by atoms with Gasteiger partial charge in [-0.15, -0.1) is 0 Å². The summed E-state index contributed by atoms with van der Waals surface area (Å²) in [4.78, 5) is 0. The highest BCUT2D eigenvalue weighted by molar-refractivity contribution is 5.77. The Kier molecular flexibility index (Phi) is 3.49. The second-order valence-electron chi connectivity index (χ2n) is 5.43. The van der Waals surface area contributed by atoms with Gasteiger partial charge in [0.25, 0.3) is 0 Å². The highest BCUT2D eigenvalue weighted by Gasteiger charge is 2.07. The zero-order chi connectivity index (χ0) is 14.8. The summed E-state index contributed by atoms with van der Waals surface area (Å²) in [6.45, 7) is 4.30. The van der Waals surface area contributed by atoms with E-state index in [9.17, 15) is 5.11 Å². The lowest BCUT2D eigenvalue weighted by Gasteiger charge is -1.98. The molecule has 0 bridgehead atoms. The Morgan fingerprint density at radius 1 is 0.714 bits per heavy atom. The molecule has 0 saturated carbocycles. The summed E-state index contributed by atoms with van der Waals surface area (Å²) < 4.78 is 0. The van der Waals surface area contributed by atoms with E-state index < -0.39 is 0 Å². The SMILES string of the molecule is Cc1cc(C=Cc2ccc(O)cc2)cc(C)c2cccc1-2. The highest BCUT2D eigenvalue weighted by Crippen LogP contribution is 2.30. The summed E-state index contributed by atoms with van der Waals surface area (Å²) in [5.41, 5.74) is 7.47. The largest absolute Gasteiger partial charge is 0.508 e. The topological polar surface area (TPSA) is 20.2 Å². The van der Waals surface area contributed by atoms with Crippen LogP contribution in [0.5, 0.6) is 5.75 Å². The van der Waals surface area contributed by atoms with E-state index in [4.69, 9.17) is 0 Å². The van der Waals surface area contributed by atoms with E-state index >= 15 is 0 Å². The van der Waals surface area contributed by atoms with Crippen molar-refractivity contribution in [2.75, 3.05) is 0 Å². The van der Waals surface area contributed by atoms with E-state index in [1.165, 1.54) is 27.8 Å². The molecule has 104 valence electrons. The van der Waals surface area contributed by atoms with Gasteiger partial charge in [-0.05, 0) is 59.4 Å². The Hall–Kier alpha value is -2.54. The maximum atomic E-state index is 9.31. The Balaban J connectivity index is 2.01. The van der Waals surface area contributed by atoms with Gasteiger partial charge in [-0.2, -0.15) is 0 Å². The molecule has 1 aromatic rings. The highest BCUT2D eigenvalue weighted by atomic mass is 16.3. The number of phenols is 1. The average molecular weight is 274 g/mol. The fraction of sp³-hybridized carbons (Fsp3) is 0.100. The van der Waals surface area contributed by atoms with Crippen LogP contribution >= 0.6 is 0 Å². The van der Waals surface area contributed by atoms with Crippen LogP contribution in [-0.2, 0) is 0 Å². The summed E-state index contributed by atoms with van der Waals surface area (Å²) in [6, 6.07) is 18.1. The lowest BCUT2D eigenvalue weighted by molar-refractivity contribution is 0.475. The number of aryl methyl sites for hydroxylation is 2. The van der Waals surface area contributed by atoms with E-state index in [0.29, 0.717) is 5.75 Å². The summed E-state index contributed by atoms with van der Waals surface area (Å²) in [5, 5.41) is 9.31. The van der Waals surface area contributed by atoms with E-state index in [0.717, 1.165) is 5.56 Å². The van der Waals surface area contributed by atoms with Gasteiger partial charge in [-0.3, -0.25) is 0 Å². The Morgan fingerprint density at radius 2 is 1.24 bits per heavy atom. The Morgan fingerprint density at radius 3 is 1.81 bits per heavy atom. The predicted molar refractivity (Wildman–Crippen MR) is 89.6 cm³/mol. The quantitative estimate of drug-likeness (QED) is 0.673. The number of benzene rings is 1. The molecule has 3 rings (SSSR count). The van der Waals surface area contributed by atoms with Gasteiger partial charge >= 0.3 is 0 Å². The molecule has 1 aromatic carbocycles. The Bertz CT molecular complexity index is 730. The molecule has 0 spiro atoms. The van der Waals surface area contributed by atoms with Crippen molar-refractivity contribution in [3.05, 3.63) is 76.9 Å². The summed E-state index contributed by atoms with van der Waals surface area (Å²) in [6.07, 6.45) is 4.18. The van der Waals surface area contributed by atoms with E-state index in [2.05, 4.69) is 56.3 Å². The zero-order valence-electron chi connectivity index (χ0n) is 12.3. The fourth-order valence-corrected chi connectivity index (χ4v) is 2.68. The molecule has 0 heterocycles. The second-order valence-corrected chi connectivity index (χ2v) is 5.43. The average Bonchev–Trinajstić information content (AvgIpc) is 2.92.